The van der Waals surface area contributed by atoms with Crippen molar-refractivity contribution < 1.29 is 14.6 Å². The molecule has 0 aliphatic carbocycles. The van der Waals surface area contributed by atoms with E-state index in [1.165, 1.54) is 7.11 Å². The maximum atomic E-state index is 9.45. The van der Waals surface area contributed by atoms with Crippen molar-refractivity contribution in [3.05, 3.63) is 28.8 Å². The lowest BCUT2D eigenvalue weighted by atomic mass is 10.1. The Balaban J connectivity index is 2.90. The number of methoxy groups -OCH3 is 1. The number of hydrogen-bond donors (Lipinski definition) is 1. The third-order valence-electron chi connectivity index (χ3n) is 1.75. The standard InChI is InChI=1S/C10H13ClO3/c1-7(12)9-5-8(11)3-4-10(9)14-6-13-2/h3-5,7,12H,6H2,1-2H3/t7-/m1/s1. The van der Waals surface area contributed by atoms with Gasteiger partial charge in [0.05, 0.1) is 6.10 Å². The van der Waals surface area contributed by atoms with E-state index in [0.717, 1.165) is 0 Å². The van der Waals surface area contributed by atoms with Gasteiger partial charge in [0.25, 0.3) is 0 Å². The van der Waals surface area contributed by atoms with Gasteiger partial charge in [-0.25, -0.2) is 0 Å². The number of aliphatic hydroxyl groups is 1. The van der Waals surface area contributed by atoms with Crippen LogP contribution in [0, 0.1) is 0 Å². The molecule has 0 heterocycles. The van der Waals surface area contributed by atoms with Crippen LogP contribution >= 0.6 is 11.6 Å². The number of halogens is 1. The first-order chi connectivity index (χ1) is 6.65. The third-order valence-corrected chi connectivity index (χ3v) is 1.99. The topological polar surface area (TPSA) is 38.7 Å². The molecule has 0 saturated heterocycles. The molecule has 0 amide bonds. The van der Waals surface area contributed by atoms with E-state index in [1.807, 2.05) is 0 Å². The fourth-order valence-electron chi connectivity index (χ4n) is 1.10. The maximum Gasteiger partial charge on any atom is 0.188 e. The van der Waals surface area contributed by atoms with Crippen molar-refractivity contribution in [1.82, 2.24) is 0 Å². The predicted molar refractivity (Wildman–Crippen MR) is 54.6 cm³/mol. The second-order valence-electron chi connectivity index (χ2n) is 2.91. The van der Waals surface area contributed by atoms with Gasteiger partial charge >= 0.3 is 0 Å². The number of rotatable bonds is 4. The minimum Gasteiger partial charge on any atom is -0.467 e. The summed E-state index contributed by atoms with van der Waals surface area (Å²) >= 11 is 5.80. The molecule has 0 radical (unpaired) electrons. The zero-order valence-corrected chi connectivity index (χ0v) is 8.91. The van der Waals surface area contributed by atoms with Gasteiger partial charge < -0.3 is 14.6 Å². The molecule has 4 heteroatoms. The van der Waals surface area contributed by atoms with Crippen LogP contribution < -0.4 is 4.74 Å². The lowest BCUT2D eigenvalue weighted by molar-refractivity contribution is 0.0484. The number of ether oxygens (including phenoxy) is 2. The average Bonchev–Trinajstić information content (AvgIpc) is 2.15. The molecule has 1 rings (SSSR count). The molecule has 14 heavy (non-hydrogen) atoms. The zero-order valence-electron chi connectivity index (χ0n) is 8.16. The summed E-state index contributed by atoms with van der Waals surface area (Å²) in [5.74, 6) is 0.589. The van der Waals surface area contributed by atoms with Gasteiger partial charge in [0.15, 0.2) is 6.79 Å². The SMILES string of the molecule is COCOc1ccc(Cl)cc1[C@@H](C)O. The Kier molecular flexibility index (Phi) is 4.20. The van der Waals surface area contributed by atoms with E-state index in [9.17, 15) is 5.11 Å². The van der Waals surface area contributed by atoms with Crippen molar-refractivity contribution in [3.63, 3.8) is 0 Å². The highest BCUT2D eigenvalue weighted by atomic mass is 35.5. The summed E-state index contributed by atoms with van der Waals surface area (Å²) in [6, 6.07) is 5.10. The van der Waals surface area contributed by atoms with Gasteiger partial charge in [0.1, 0.15) is 5.75 Å². The van der Waals surface area contributed by atoms with Crippen molar-refractivity contribution in [2.24, 2.45) is 0 Å². The van der Waals surface area contributed by atoms with Crippen molar-refractivity contribution in [1.29, 1.82) is 0 Å². The van der Waals surface area contributed by atoms with E-state index >= 15 is 0 Å². The lowest BCUT2D eigenvalue weighted by Gasteiger charge is -2.12. The van der Waals surface area contributed by atoms with Gasteiger partial charge in [-0.15, -0.1) is 0 Å². The van der Waals surface area contributed by atoms with Crippen LogP contribution in [0.3, 0.4) is 0 Å². The minimum absolute atomic E-state index is 0.154. The Hall–Kier alpha value is -0.770. The Morgan fingerprint density at radius 2 is 2.21 bits per heavy atom. The van der Waals surface area contributed by atoms with E-state index in [-0.39, 0.29) is 6.79 Å². The number of aliphatic hydroxyl groups excluding tert-OH is 1. The third kappa shape index (κ3) is 2.87. The molecule has 0 saturated carbocycles. The first kappa shape index (κ1) is 11.3. The summed E-state index contributed by atoms with van der Waals surface area (Å²) in [6.07, 6.45) is -0.611. The van der Waals surface area contributed by atoms with Crippen molar-refractivity contribution in [2.45, 2.75) is 13.0 Å². The molecule has 1 atom stereocenters. The van der Waals surface area contributed by atoms with Crippen LogP contribution in [0.5, 0.6) is 5.75 Å². The van der Waals surface area contributed by atoms with Gasteiger partial charge in [0.2, 0.25) is 0 Å². The smallest absolute Gasteiger partial charge is 0.188 e. The molecule has 0 aliphatic heterocycles. The monoisotopic (exact) mass is 216 g/mol. The Morgan fingerprint density at radius 1 is 1.50 bits per heavy atom. The van der Waals surface area contributed by atoms with Crippen LogP contribution in [-0.4, -0.2) is 19.0 Å². The zero-order chi connectivity index (χ0) is 10.6. The highest BCUT2D eigenvalue weighted by Crippen LogP contribution is 2.28. The van der Waals surface area contributed by atoms with Crippen LogP contribution in [0.1, 0.15) is 18.6 Å². The van der Waals surface area contributed by atoms with Crippen LogP contribution in [0.2, 0.25) is 5.02 Å². The van der Waals surface area contributed by atoms with Gasteiger partial charge in [-0.2, -0.15) is 0 Å². The summed E-state index contributed by atoms with van der Waals surface area (Å²) in [5, 5.41) is 10.0. The molecular formula is C10H13ClO3. The molecule has 1 aromatic rings. The Labute approximate surface area is 88.2 Å². The van der Waals surface area contributed by atoms with Gasteiger partial charge in [-0.05, 0) is 25.1 Å². The molecular weight excluding hydrogens is 204 g/mol. The largest absolute Gasteiger partial charge is 0.467 e. The maximum absolute atomic E-state index is 9.45. The normalized spacial score (nSPS) is 12.6. The van der Waals surface area contributed by atoms with Crippen LogP contribution in [0.15, 0.2) is 18.2 Å². The Bertz CT molecular complexity index is 299. The highest BCUT2D eigenvalue weighted by molar-refractivity contribution is 6.30. The Morgan fingerprint density at radius 3 is 2.79 bits per heavy atom. The molecule has 78 valence electrons. The average molecular weight is 217 g/mol. The molecule has 0 unspecified atom stereocenters. The molecule has 0 aliphatic rings. The van der Waals surface area contributed by atoms with Crippen LogP contribution in [0.25, 0.3) is 0 Å². The molecule has 0 fully saturated rings. The number of benzene rings is 1. The van der Waals surface area contributed by atoms with Crippen LogP contribution in [0.4, 0.5) is 0 Å². The summed E-state index contributed by atoms with van der Waals surface area (Å²) in [4.78, 5) is 0. The predicted octanol–water partition coefficient (Wildman–Crippen LogP) is 2.38. The lowest BCUT2D eigenvalue weighted by Crippen LogP contribution is -2.03. The van der Waals surface area contributed by atoms with Gasteiger partial charge in [-0.3, -0.25) is 0 Å². The fraction of sp³-hybridized carbons (Fsp3) is 0.400. The van der Waals surface area contributed by atoms with E-state index in [4.69, 9.17) is 21.1 Å². The molecule has 1 N–H and O–H groups in total. The van der Waals surface area contributed by atoms with Crippen molar-refractivity contribution in [2.75, 3.05) is 13.9 Å². The first-order valence-corrected chi connectivity index (χ1v) is 4.62. The van der Waals surface area contributed by atoms with E-state index in [1.54, 1.807) is 25.1 Å². The van der Waals surface area contributed by atoms with Crippen molar-refractivity contribution in [3.8, 4) is 5.75 Å². The first-order valence-electron chi connectivity index (χ1n) is 4.24. The fourth-order valence-corrected chi connectivity index (χ4v) is 1.28. The molecule has 1 aromatic carbocycles. The summed E-state index contributed by atoms with van der Waals surface area (Å²) in [5.41, 5.74) is 0.662. The van der Waals surface area contributed by atoms with E-state index in [2.05, 4.69) is 0 Å². The summed E-state index contributed by atoms with van der Waals surface area (Å²) < 4.78 is 10.0. The van der Waals surface area contributed by atoms with Gasteiger partial charge in [-0.1, -0.05) is 11.6 Å². The van der Waals surface area contributed by atoms with E-state index < -0.39 is 6.10 Å². The summed E-state index contributed by atoms with van der Waals surface area (Å²) in [7, 11) is 1.54. The molecule has 0 aromatic heterocycles. The highest BCUT2D eigenvalue weighted by Gasteiger charge is 2.09. The van der Waals surface area contributed by atoms with Crippen LogP contribution in [-0.2, 0) is 4.74 Å². The number of hydrogen-bond acceptors (Lipinski definition) is 3. The quantitative estimate of drug-likeness (QED) is 0.786. The molecule has 0 spiro atoms. The summed E-state index contributed by atoms with van der Waals surface area (Å²) in [6.45, 7) is 1.81. The molecule has 3 nitrogen and oxygen atoms in total. The minimum atomic E-state index is -0.611. The van der Waals surface area contributed by atoms with E-state index in [0.29, 0.717) is 16.3 Å². The molecule has 0 bridgehead atoms. The second kappa shape index (κ2) is 5.20. The van der Waals surface area contributed by atoms with Crippen molar-refractivity contribution >= 4 is 11.6 Å². The second-order valence-corrected chi connectivity index (χ2v) is 3.35. The van der Waals surface area contributed by atoms with Gasteiger partial charge in [0, 0.05) is 17.7 Å².